The first-order valence-electron chi connectivity index (χ1n) is 6.18. The zero-order valence-electron chi connectivity index (χ0n) is 10.7. The maximum Gasteiger partial charge on any atom is 0.125 e. The Kier molecular flexibility index (Phi) is 5.79. The zero-order valence-corrected chi connectivity index (χ0v) is 11.5. The van der Waals surface area contributed by atoms with E-state index in [2.05, 4.69) is 13.8 Å². The predicted molar refractivity (Wildman–Crippen MR) is 71.7 cm³/mol. The average Bonchev–Trinajstić information content (AvgIpc) is 2.31. The van der Waals surface area contributed by atoms with Crippen molar-refractivity contribution in [1.29, 1.82) is 0 Å². The second-order valence-corrected chi connectivity index (χ2v) is 4.79. The van der Waals surface area contributed by atoms with E-state index < -0.39 is 6.10 Å². The first kappa shape index (κ1) is 14.3. The third-order valence-electron chi connectivity index (χ3n) is 3.05. The van der Waals surface area contributed by atoms with Gasteiger partial charge in [-0.25, -0.2) is 0 Å². The van der Waals surface area contributed by atoms with Gasteiger partial charge in [-0.05, 0) is 31.0 Å². The molecule has 96 valence electrons. The first-order valence-corrected chi connectivity index (χ1v) is 6.56. The Morgan fingerprint density at radius 1 is 1.29 bits per heavy atom. The van der Waals surface area contributed by atoms with Gasteiger partial charge >= 0.3 is 0 Å². The molecule has 1 atom stereocenters. The lowest BCUT2D eigenvalue weighted by atomic mass is 10.1. The molecule has 0 bridgehead atoms. The fourth-order valence-electron chi connectivity index (χ4n) is 1.71. The van der Waals surface area contributed by atoms with Gasteiger partial charge in [0.2, 0.25) is 0 Å². The van der Waals surface area contributed by atoms with Gasteiger partial charge < -0.3 is 9.84 Å². The molecule has 0 saturated carbocycles. The molecule has 3 heteroatoms. The van der Waals surface area contributed by atoms with E-state index in [-0.39, 0.29) is 0 Å². The Balaban J connectivity index is 2.76. The van der Waals surface area contributed by atoms with Crippen molar-refractivity contribution in [2.45, 2.75) is 39.7 Å². The normalized spacial score (nSPS) is 12.8. The van der Waals surface area contributed by atoms with Gasteiger partial charge in [0, 0.05) is 10.6 Å². The highest BCUT2D eigenvalue weighted by Gasteiger charge is 2.11. The lowest BCUT2D eigenvalue weighted by Crippen LogP contribution is -2.11. The lowest BCUT2D eigenvalue weighted by molar-refractivity contribution is 0.184. The molecule has 0 fully saturated rings. The van der Waals surface area contributed by atoms with Crippen LogP contribution in [0.3, 0.4) is 0 Å². The summed E-state index contributed by atoms with van der Waals surface area (Å²) < 4.78 is 5.78. The van der Waals surface area contributed by atoms with E-state index in [9.17, 15) is 5.11 Å². The molecular formula is C14H21ClO2. The Labute approximate surface area is 109 Å². The van der Waals surface area contributed by atoms with Crippen molar-refractivity contribution in [3.05, 3.63) is 28.8 Å². The van der Waals surface area contributed by atoms with E-state index in [1.165, 1.54) is 0 Å². The van der Waals surface area contributed by atoms with Crippen molar-refractivity contribution >= 4 is 11.6 Å². The molecule has 0 aliphatic heterocycles. The fourth-order valence-corrected chi connectivity index (χ4v) is 1.89. The van der Waals surface area contributed by atoms with Crippen LogP contribution in [-0.4, -0.2) is 11.7 Å². The standard InChI is InChI=1S/C14H21ClO2/c1-4-11(5-2)9-17-14-7-6-12(15)8-13(14)10(3)16/h6-8,10-11,16H,4-5,9H2,1-3H3/t10-/m0/s1. The SMILES string of the molecule is CCC(CC)COc1ccc(Cl)cc1[C@H](C)O. The molecule has 0 unspecified atom stereocenters. The van der Waals surface area contributed by atoms with Crippen LogP contribution in [-0.2, 0) is 0 Å². The summed E-state index contributed by atoms with van der Waals surface area (Å²) in [6.45, 7) is 6.73. The van der Waals surface area contributed by atoms with Crippen LogP contribution >= 0.6 is 11.6 Å². The number of rotatable bonds is 6. The molecule has 0 heterocycles. The van der Waals surface area contributed by atoms with Crippen LogP contribution in [0.4, 0.5) is 0 Å². The fraction of sp³-hybridized carbons (Fsp3) is 0.571. The quantitative estimate of drug-likeness (QED) is 0.826. The van der Waals surface area contributed by atoms with Gasteiger partial charge in [0.25, 0.3) is 0 Å². The monoisotopic (exact) mass is 256 g/mol. The van der Waals surface area contributed by atoms with Crippen LogP contribution in [0.25, 0.3) is 0 Å². The maximum absolute atomic E-state index is 9.67. The number of aliphatic hydroxyl groups excluding tert-OH is 1. The van der Waals surface area contributed by atoms with Gasteiger partial charge in [-0.15, -0.1) is 0 Å². The molecule has 0 spiro atoms. The molecular weight excluding hydrogens is 236 g/mol. The molecule has 0 aliphatic carbocycles. The highest BCUT2D eigenvalue weighted by Crippen LogP contribution is 2.28. The van der Waals surface area contributed by atoms with Crippen LogP contribution in [0.15, 0.2) is 18.2 Å². The number of ether oxygens (including phenoxy) is 1. The largest absolute Gasteiger partial charge is 0.493 e. The molecule has 17 heavy (non-hydrogen) atoms. The summed E-state index contributed by atoms with van der Waals surface area (Å²) >= 11 is 5.91. The van der Waals surface area contributed by atoms with Crippen molar-refractivity contribution in [2.75, 3.05) is 6.61 Å². The first-order chi connectivity index (χ1) is 8.08. The van der Waals surface area contributed by atoms with Crippen LogP contribution < -0.4 is 4.74 Å². The van der Waals surface area contributed by atoms with Gasteiger partial charge in [0.05, 0.1) is 12.7 Å². The second kappa shape index (κ2) is 6.87. The minimum atomic E-state index is -0.564. The molecule has 0 aliphatic rings. The summed E-state index contributed by atoms with van der Waals surface area (Å²) in [5.74, 6) is 1.30. The number of benzene rings is 1. The van der Waals surface area contributed by atoms with Crippen LogP contribution in [0.2, 0.25) is 5.02 Å². The van der Waals surface area contributed by atoms with Gasteiger partial charge in [-0.2, -0.15) is 0 Å². The van der Waals surface area contributed by atoms with Crippen LogP contribution in [0, 0.1) is 5.92 Å². The Hall–Kier alpha value is -0.730. The average molecular weight is 257 g/mol. The van der Waals surface area contributed by atoms with E-state index >= 15 is 0 Å². The summed E-state index contributed by atoms with van der Waals surface area (Å²) in [4.78, 5) is 0. The highest BCUT2D eigenvalue weighted by atomic mass is 35.5. The van der Waals surface area contributed by atoms with Crippen molar-refractivity contribution in [3.63, 3.8) is 0 Å². The molecule has 1 aromatic rings. The highest BCUT2D eigenvalue weighted by molar-refractivity contribution is 6.30. The van der Waals surface area contributed by atoms with Crippen molar-refractivity contribution in [2.24, 2.45) is 5.92 Å². The van der Waals surface area contributed by atoms with E-state index in [4.69, 9.17) is 16.3 Å². The second-order valence-electron chi connectivity index (χ2n) is 4.35. The van der Waals surface area contributed by atoms with Gasteiger partial charge in [-0.1, -0.05) is 38.3 Å². The van der Waals surface area contributed by atoms with E-state index in [0.717, 1.165) is 24.2 Å². The Morgan fingerprint density at radius 3 is 2.47 bits per heavy atom. The van der Waals surface area contributed by atoms with Crippen LogP contribution in [0.5, 0.6) is 5.75 Å². The lowest BCUT2D eigenvalue weighted by Gasteiger charge is -2.17. The maximum atomic E-state index is 9.67. The number of hydrogen-bond donors (Lipinski definition) is 1. The Morgan fingerprint density at radius 2 is 1.94 bits per heavy atom. The number of hydrogen-bond acceptors (Lipinski definition) is 2. The number of halogens is 1. The smallest absolute Gasteiger partial charge is 0.125 e. The summed E-state index contributed by atoms with van der Waals surface area (Å²) in [6.07, 6.45) is 1.65. The van der Waals surface area contributed by atoms with Gasteiger partial charge in [0.1, 0.15) is 5.75 Å². The summed E-state index contributed by atoms with van der Waals surface area (Å²) in [5.41, 5.74) is 0.753. The summed E-state index contributed by atoms with van der Waals surface area (Å²) in [6, 6.07) is 5.37. The van der Waals surface area contributed by atoms with Gasteiger partial charge in [0.15, 0.2) is 0 Å². The molecule has 2 nitrogen and oxygen atoms in total. The minimum Gasteiger partial charge on any atom is -0.493 e. The van der Waals surface area contributed by atoms with Crippen molar-refractivity contribution < 1.29 is 9.84 Å². The topological polar surface area (TPSA) is 29.5 Å². The van der Waals surface area contributed by atoms with Gasteiger partial charge in [-0.3, -0.25) is 0 Å². The molecule has 0 saturated heterocycles. The molecule has 1 aromatic carbocycles. The predicted octanol–water partition coefficient (Wildman–Crippen LogP) is 4.21. The number of aliphatic hydroxyl groups is 1. The third-order valence-corrected chi connectivity index (χ3v) is 3.29. The summed E-state index contributed by atoms with van der Waals surface area (Å²) in [7, 11) is 0. The van der Waals surface area contributed by atoms with E-state index in [1.807, 2.05) is 6.07 Å². The molecule has 1 rings (SSSR count). The molecule has 1 N–H and O–H groups in total. The van der Waals surface area contributed by atoms with Crippen LogP contribution in [0.1, 0.15) is 45.3 Å². The van der Waals surface area contributed by atoms with E-state index in [0.29, 0.717) is 17.5 Å². The van der Waals surface area contributed by atoms with Crippen molar-refractivity contribution in [1.82, 2.24) is 0 Å². The molecule has 0 aromatic heterocycles. The minimum absolute atomic E-state index is 0.563. The zero-order chi connectivity index (χ0) is 12.8. The summed E-state index contributed by atoms with van der Waals surface area (Å²) in [5, 5.41) is 10.3. The van der Waals surface area contributed by atoms with E-state index in [1.54, 1.807) is 19.1 Å². The van der Waals surface area contributed by atoms with Crippen molar-refractivity contribution in [3.8, 4) is 5.75 Å². The Bertz CT molecular complexity index is 346. The third kappa shape index (κ3) is 4.21. The molecule has 0 radical (unpaired) electrons. The molecule has 0 amide bonds.